The zero-order valence-corrected chi connectivity index (χ0v) is 20.5. The molecule has 0 radical (unpaired) electrons. The number of aliphatic carboxylic acids is 1. The number of carbonyl (C=O) groups is 1. The number of rotatable bonds is 7. The molecule has 1 saturated carbocycles. The quantitative estimate of drug-likeness (QED) is 0.291. The first kappa shape index (κ1) is 22.9. The minimum absolute atomic E-state index is 0.246. The van der Waals surface area contributed by atoms with Crippen LogP contribution >= 0.6 is 22.9 Å². The number of fused-ring (bicyclic) bond motifs is 3. The van der Waals surface area contributed by atoms with Gasteiger partial charge in [-0.1, -0.05) is 35.9 Å². The normalized spacial score (nSPS) is 18.3. The van der Waals surface area contributed by atoms with Crippen molar-refractivity contribution in [2.45, 2.75) is 44.6 Å². The number of nitrogens with one attached hydrogen (secondary N) is 1. The summed E-state index contributed by atoms with van der Waals surface area (Å²) in [5.74, 6) is 2.12. The molecule has 176 valence electrons. The highest BCUT2D eigenvalue weighted by molar-refractivity contribution is 7.25. The highest BCUT2D eigenvalue weighted by Gasteiger charge is 2.27. The Hall–Kier alpha value is -2.90. The van der Waals surface area contributed by atoms with Crippen molar-refractivity contribution >= 4 is 55.0 Å². The van der Waals surface area contributed by atoms with E-state index in [4.69, 9.17) is 31.4 Å². The lowest BCUT2D eigenvalue weighted by Gasteiger charge is -2.27. The molecule has 0 spiro atoms. The van der Waals surface area contributed by atoms with Gasteiger partial charge in [0, 0.05) is 29.0 Å². The molecule has 6 nitrogen and oxygen atoms in total. The fraction of sp³-hybridized carbons (Fsp3) is 0.346. The largest absolute Gasteiger partial charge is 0.495 e. The number of carboxylic acids is 1. The number of hydrogen-bond acceptors (Lipinski definition) is 6. The lowest BCUT2D eigenvalue weighted by Crippen LogP contribution is -2.18. The van der Waals surface area contributed by atoms with Gasteiger partial charge >= 0.3 is 5.97 Å². The summed E-state index contributed by atoms with van der Waals surface area (Å²) in [4.78, 5) is 22.1. The summed E-state index contributed by atoms with van der Waals surface area (Å²) in [6.07, 6.45) is 3.89. The summed E-state index contributed by atoms with van der Waals surface area (Å²) in [5.41, 5.74) is 1.04. The Labute approximate surface area is 206 Å². The van der Waals surface area contributed by atoms with Crippen LogP contribution in [0.4, 0.5) is 5.82 Å². The second-order valence-corrected chi connectivity index (χ2v) is 10.3. The Balaban J connectivity index is 1.46. The molecular weight excluding hydrogens is 470 g/mol. The molecule has 2 aromatic heterocycles. The van der Waals surface area contributed by atoms with Crippen molar-refractivity contribution in [2.75, 3.05) is 12.4 Å². The SMILES string of the molecule is COc1ccc(CNc2nc(C3CCC(CC(=O)O)CC3)nc3sc4ccccc4c23)cc1Cl. The number of thiophene rings is 1. The number of aromatic nitrogens is 2. The molecule has 0 amide bonds. The van der Waals surface area contributed by atoms with Gasteiger partial charge in [-0.25, -0.2) is 9.97 Å². The number of anilines is 1. The van der Waals surface area contributed by atoms with E-state index in [1.165, 1.54) is 4.70 Å². The van der Waals surface area contributed by atoms with Crippen molar-refractivity contribution in [3.8, 4) is 5.75 Å². The minimum Gasteiger partial charge on any atom is -0.495 e. The monoisotopic (exact) mass is 495 g/mol. The molecule has 0 aliphatic heterocycles. The van der Waals surface area contributed by atoms with E-state index in [2.05, 4.69) is 17.4 Å². The van der Waals surface area contributed by atoms with Gasteiger partial charge in [0.1, 0.15) is 22.2 Å². The Bertz CT molecular complexity index is 1350. The van der Waals surface area contributed by atoms with E-state index in [-0.39, 0.29) is 18.3 Å². The third-order valence-electron chi connectivity index (χ3n) is 6.61. The molecule has 4 aromatic rings. The van der Waals surface area contributed by atoms with Gasteiger partial charge in [0.2, 0.25) is 0 Å². The maximum atomic E-state index is 11.1. The zero-order chi connectivity index (χ0) is 23.7. The Morgan fingerprint density at radius 1 is 1.18 bits per heavy atom. The Morgan fingerprint density at radius 2 is 1.97 bits per heavy atom. The molecule has 1 aliphatic carbocycles. The second-order valence-electron chi connectivity index (χ2n) is 8.85. The molecule has 8 heteroatoms. The first-order valence-electron chi connectivity index (χ1n) is 11.5. The summed E-state index contributed by atoms with van der Waals surface area (Å²) < 4.78 is 6.45. The third-order valence-corrected chi connectivity index (χ3v) is 7.97. The van der Waals surface area contributed by atoms with Gasteiger partial charge in [-0.3, -0.25) is 4.79 Å². The van der Waals surface area contributed by atoms with Crippen LogP contribution in [0.1, 0.15) is 49.4 Å². The standard InChI is InChI=1S/C26H26ClN3O3S/c1-33-20-11-8-16(12-19(20)27)14-28-25-23-18-4-2-3-5-21(18)34-26(23)30-24(29-25)17-9-6-15(7-10-17)13-22(31)32/h2-5,8,11-12,15,17H,6-7,9-10,13-14H2,1H3,(H,31,32)(H,28,29,30). The van der Waals surface area contributed by atoms with Gasteiger partial charge in [0.25, 0.3) is 0 Å². The van der Waals surface area contributed by atoms with Gasteiger partial charge in [-0.05, 0) is 55.4 Å². The Kier molecular flexibility index (Phi) is 6.57. The van der Waals surface area contributed by atoms with Crippen molar-refractivity contribution in [3.63, 3.8) is 0 Å². The fourth-order valence-corrected chi connectivity index (χ4v) is 6.19. The van der Waals surface area contributed by atoms with E-state index >= 15 is 0 Å². The summed E-state index contributed by atoms with van der Waals surface area (Å²) in [7, 11) is 1.61. The highest BCUT2D eigenvalue weighted by atomic mass is 35.5. The maximum absolute atomic E-state index is 11.1. The van der Waals surface area contributed by atoms with Crippen LogP contribution in [-0.2, 0) is 11.3 Å². The summed E-state index contributed by atoms with van der Waals surface area (Å²) in [5, 5.41) is 15.4. The smallest absolute Gasteiger partial charge is 0.303 e. The lowest BCUT2D eigenvalue weighted by atomic mass is 9.80. The van der Waals surface area contributed by atoms with Crippen LogP contribution < -0.4 is 10.1 Å². The predicted octanol–water partition coefficient (Wildman–Crippen LogP) is 6.87. The average Bonchev–Trinajstić information content (AvgIpc) is 3.21. The van der Waals surface area contributed by atoms with Crippen molar-refractivity contribution < 1.29 is 14.6 Å². The van der Waals surface area contributed by atoms with Crippen LogP contribution in [0.3, 0.4) is 0 Å². The molecule has 0 unspecified atom stereocenters. The van der Waals surface area contributed by atoms with E-state index < -0.39 is 5.97 Å². The number of methoxy groups -OCH3 is 1. The van der Waals surface area contributed by atoms with Crippen LogP contribution in [0, 0.1) is 5.92 Å². The molecule has 1 aliphatic rings. The van der Waals surface area contributed by atoms with Crippen LogP contribution in [0.5, 0.6) is 5.75 Å². The lowest BCUT2D eigenvalue weighted by molar-refractivity contribution is -0.138. The topological polar surface area (TPSA) is 84.3 Å². The molecule has 5 rings (SSSR count). The first-order valence-corrected chi connectivity index (χ1v) is 12.7. The number of ether oxygens (including phenoxy) is 1. The molecule has 2 heterocycles. The highest BCUT2D eigenvalue weighted by Crippen LogP contribution is 2.40. The van der Waals surface area contributed by atoms with Crippen molar-refractivity contribution in [1.82, 2.24) is 9.97 Å². The van der Waals surface area contributed by atoms with Gasteiger partial charge in [-0.2, -0.15) is 0 Å². The number of halogens is 1. The third kappa shape index (κ3) is 4.68. The molecule has 0 bridgehead atoms. The van der Waals surface area contributed by atoms with E-state index in [1.54, 1.807) is 18.4 Å². The molecule has 1 fully saturated rings. The minimum atomic E-state index is -0.712. The van der Waals surface area contributed by atoms with Gasteiger partial charge < -0.3 is 15.2 Å². The fourth-order valence-electron chi connectivity index (χ4n) is 4.83. The Morgan fingerprint density at radius 3 is 2.71 bits per heavy atom. The second kappa shape index (κ2) is 9.76. The maximum Gasteiger partial charge on any atom is 0.303 e. The summed E-state index contributed by atoms with van der Waals surface area (Å²) >= 11 is 8.01. The van der Waals surface area contributed by atoms with Gasteiger partial charge in [-0.15, -0.1) is 11.3 Å². The molecule has 2 aromatic carbocycles. The number of hydrogen-bond donors (Lipinski definition) is 2. The van der Waals surface area contributed by atoms with E-state index in [0.29, 0.717) is 17.3 Å². The van der Waals surface area contributed by atoms with E-state index in [1.807, 2.05) is 30.3 Å². The molecule has 2 N–H and O–H groups in total. The van der Waals surface area contributed by atoms with E-state index in [9.17, 15) is 4.79 Å². The van der Waals surface area contributed by atoms with Crippen molar-refractivity contribution in [3.05, 3.63) is 58.9 Å². The zero-order valence-electron chi connectivity index (χ0n) is 18.9. The van der Waals surface area contributed by atoms with E-state index in [0.717, 1.165) is 58.5 Å². The van der Waals surface area contributed by atoms with Crippen LogP contribution in [0.2, 0.25) is 5.02 Å². The molecular formula is C26H26ClN3O3S. The molecule has 0 saturated heterocycles. The van der Waals surface area contributed by atoms with Gasteiger partial charge in [0.15, 0.2) is 0 Å². The number of carboxylic acid groups (broad SMARTS) is 1. The first-order chi connectivity index (χ1) is 16.5. The average molecular weight is 496 g/mol. The molecule has 34 heavy (non-hydrogen) atoms. The molecule has 0 atom stereocenters. The van der Waals surface area contributed by atoms with Gasteiger partial charge in [0.05, 0.1) is 17.5 Å². The predicted molar refractivity (Wildman–Crippen MR) is 137 cm³/mol. The van der Waals surface area contributed by atoms with Crippen LogP contribution in [0.25, 0.3) is 20.3 Å². The summed E-state index contributed by atoms with van der Waals surface area (Å²) in [6, 6.07) is 14.1. The van der Waals surface area contributed by atoms with Crippen molar-refractivity contribution in [1.29, 1.82) is 0 Å². The van der Waals surface area contributed by atoms with Crippen LogP contribution in [0.15, 0.2) is 42.5 Å². The van der Waals surface area contributed by atoms with Crippen LogP contribution in [-0.4, -0.2) is 28.2 Å². The summed E-state index contributed by atoms with van der Waals surface area (Å²) in [6.45, 7) is 0.574. The number of benzene rings is 2. The number of nitrogens with zero attached hydrogens (tertiary/aromatic N) is 2. The van der Waals surface area contributed by atoms with Crippen molar-refractivity contribution in [2.24, 2.45) is 5.92 Å².